The standard InChI is InChI=1S/ClO.3Na.H3O4P/c1-2;;;;1-5(2,3)4/h;;;;(H3,1,2,3,4)/q-1;3*+1;/p-2. The van der Waals surface area contributed by atoms with E-state index in [0.717, 1.165) is 0 Å². The van der Waals surface area contributed by atoms with Gasteiger partial charge >= 0.3 is 88.7 Å². The summed E-state index contributed by atoms with van der Waals surface area (Å²) in [5, 5.41) is 0. The molecule has 0 heterocycles. The summed E-state index contributed by atoms with van der Waals surface area (Å²) in [5.74, 6) is 0. The quantitative estimate of drug-likeness (QED) is 0.320. The molecule has 0 amide bonds. The third kappa shape index (κ3) is 108. The fraction of sp³-hybridized carbons (Fsp3) is 0. The van der Waals surface area contributed by atoms with Crippen LogP contribution in [0.4, 0.5) is 0 Å². The van der Waals surface area contributed by atoms with Crippen molar-refractivity contribution in [1.82, 2.24) is 0 Å². The maximum atomic E-state index is 8.66. The molecular weight excluding hydrogens is 215 g/mol. The van der Waals surface area contributed by atoms with Gasteiger partial charge in [-0.2, -0.15) is 0 Å². The smallest absolute Gasteiger partial charge is 0.790 e. The van der Waals surface area contributed by atoms with Gasteiger partial charge in [-0.05, 0) is 0 Å². The van der Waals surface area contributed by atoms with Gasteiger partial charge in [0.15, 0.2) is 0 Å². The van der Waals surface area contributed by atoms with Crippen LogP contribution in [0.5, 0.6) is 0 Å². The van der Waals surface area contributed by atoms with Gasteiger partial charge in [-0.25, -0.2) is 11.9 Å². The Labute approximate surface area is 130 Å². The Morgan fingerprint density at radius 2 is 1.10 bits per heavy atom. The molecule has 10 heteroatoms. The average molecular weight is 216 g/mol. The normalized spacial score (nSPS) is 6.50. The fourth-order valence-electron chi connectivity index (χ4n) is 0. The summed E-state index contributed by atoms with van der Waals surface area (Å²) < 4.78 is 16.4. The van der Waals surface area contributed by atoms with Gasteiger partial charge in [0.05, 0.1) is 7.82 Å². The van der Waals surface area contributed by atoms with Crippen molar-refractivity contribution in [3.8, 4) is 0 Å². The average Bonchev–Trinajstić information content (AvgIpc) is 1.36. The van der Waals surface area contributed by atoms with Crippen molar-refractivity contribution in [3.05, 3.63) is 0 Å². The third-order valence-electron chi connectivity index (χ3n) is 0. The van der Waals surface area contributed by atoms with Gasteiger partial charge in [-0.3, -0.25) is 0 Å². The molecule has 1 N–H and O–H groups in total. The van der Waals surface area contributed by atoms with Crippen molar-refractivity contribution >= 4 is 19.7 Å². The molecule has 0 saturated carbocycles. The van der Waals surface area contributed by atoms with E-state index >= 15 is 0 Å². The Kier molecular flexibility index (Phi) is 53.2. The Morgan fingerprint density at radius 3 is 1.10 bits per heavy atom. The van der Waals surface area contributed by atoms with E-state index in [4.69, 9.17) is 23.9 Å². The van der Waals surface area contributed by atoms with Crippen LogP contribution in [-0.4, -0.2) is 4.89 Å². The zero-order chi connectivity index (χ0) is 6.50. The van der Waals surface area contributed by atoms with Crippen molar-refractivity contribution in [3.63, 3.8) is 0 Å². The van der Waals surface area contributed by atoms with Crippen LogP contribution < -0.4 is 103 Å². The molecular formula is HClNa3O5P. The van der Waals surface area contributed by atoms with Crippen molar-refractivity contribution < 1.29 is 113 Å². The van der Waals surface area contributed by atoms with Gasteiger partial charge < -0.3 is 23.9 Å². The maximum absolute atomic E-state index is 8.66. The number of hydrogen-bond donors (Lipinski definition) is 1. The van der Waals surface area contributed by atoms with Crippen LogP contribution in [0.25, 0.3) is 0 Å². The summed E-state index contributed by atoms with van der Waals surface area (Å²) in [5.41, 5.74) is 0. The zero-order valence-corrected chi connectivity index (χ0v) is 13.6. The zero-order valence-electron chi connectivity index (χ0n) is 5.91. The maximum Gasteiger partial charge on any atom is 1.00 e. The third-order valence-corrected chi connectivity index (χ3v) is 0. The summed E-state index contributed by atoms with van der Waals surface area (Å²) in [4.78, 5) is 24.3. The van der Waals surface area contributed by atoms with Gasteiger partial charge in [0.1, 0.15) is 0 Å². The molecule has 0 unspecified atom stereocenters. The fourth-order valence-corrected chi connectivity index (χ4v) is 0. The molecule has 10 heavy (non-hydrogen) atoms. The van der Waals surface area contributed by atoms with E-state index in [1.165, 1.54) is 0 Å². The second-order valence-corrected chi connectivity index (χ2v) is 1.41. The van der Waals surface area contributed by atoms with Crippen LogP contribution in [0, 0.1) is 0 Å². The number of phosphoric acid groups is 1. The first kappa shape index (κ1) is 29.2. The van der Waals surface area contributed by atoms with Gasteiger partial charge in [-0.1, -0.05) is 0 Å². The number of halogens is 1. The first-order valence-electron chi connectivity index (χ1n) is 0.902. The SMILES string of the molecule is O=P([O-])([O-])O.[Na+].[Na+].[Na+].[O-]Cl. The van der Waals surface area contributed by atoms with Gasteiger partial charge in [0.2, 0.25) is 0 Å². The molecule has 0 aromatic carbocycles. The molecule has 0 aromatic rings. The first-order valence-corrected chi connectivity index (χ1v) is 2.71. The van der Waals surface area contributed by atoms with Crippen LogP contribution in [0.1, 0.15) is 0 Å². The second kappa shape index (κ2) is 18.2. The molecule has 0 spiro atoms. The summed E-state index contributed by atoms with van der Waals surface area (Å²) in [7, 11) is -5.14. The van der Waals surface area contributed by atoms with E-state index in [0.29, 0.717) is 0 Å². The summed E-state index contributed by atoms with van der Waals surface area (Å²) in [6.07, 6.45) is 0. The predicted octanol–water partition coefficient (Wildman–Crippen LogP) is -11.7. The summed E-state index contributed by atoms with van der Waals surface area (Å²) >= 11 is 3.39. The van der Waals surface area contributed by atoms with Crippen LogP contribution in [-0.2, 0) is 4.57 Å². The Hall–Kier alpha value is 3.36. The number of rotatable bonds is 0. The van der Waals surface area contributed by atoms with Gasteiger partial charge in [-0.15, -0.1) is 0 Å². The molecule has 0 aliphatic carbocycles. The van der Waals surface area contributed by atoms with Crippen LogP contribution in [0.3, 0.4) is 0 Å². The molecule has 5 nitrogen and oxygen atoms in total. The topological polar surface area (TPSA) is 106 Å². The Morgan fingerprint density at radius 1 is 1.10 bits per heavy atom. The minimum Gasteiger partial charge on any atom is -0.790 e. The second-order valence-electron chi connectivity index (χ2n) is 0.469. The van der Waals surface area contributed by atoms with E-state index in [-0.39, 0.29) is 88.7 Å². The molecule has 0 aromatic heterocycles. The van der Waals surface area contributed by atoms with Crippen LogP contribution in [0.2, 0.25) is 0 Å². The minimum atomic E-state index is -5.14. The Balaban J connectivity index is -0.0000000154. The number of hydrogen-bond acceptors (Lipinski definition) is 4. The molecule has 0 radical (unpaired) electrons. The molecule has 0 saturated heterocycles. The van der Waals surface area contributed by atoms with Crippen molar-refractivity contribution in [2.75, 3.05) is 0 Å². The van der Waals surface area contributed by atoms with E-state index in [1.54, 1.807) is 0 Å². The molecule has 0 bridgehead atoms. The van der Waals surface area contributed by atoms with Crippen molar-refractivity contribution in [2.24, 2.45) is 0 Å². The minimum absolute atomic E-state index is 0. The van der Waals surface area contributed by atoms with E-state index in [9.17, 15) is 0 Å². The van der Waals surface area contributed by atoms with Gasteiger partial charge in [0, 0.05) is 0 Å². The first-order chi connectivity index (χ1) is 3.00. The van der Waals surface area contributed by atoms with Crippen LogP contribution >= 0.6 is 19.7 Å². The van der Waals surface area contributed by atoms with Crippen molar-refractivity contribution in [1.29, 1.82) is 0 Å². The van der Waals surface area contributed by atoms with E-state index in [2.05, 4.69) is 11.9 Å². The van der Waals surface area contributed by atoms with E-state index in [1.807, 2.05) is 0 Å². The molecule has 0 fully saturated rings. The van der Waals surface area contributed by atoms with Crippen LogP contribution in [0.15, 0.2) is 0 Å². The molecule has 0 aliphatic rings. The largest absolute Gasteiger partial charge is 1.00 e. The Bertz CT molecular complexity index is 63.0. The van der Waals surface area contributed by atoms with E-state index < -0.39 is 7.82 Å². The molecule has 0 rings (SSSR count). The molecule has 0 atom stereocenters. The van der Waals surface area contributed by atoms with Crippen molar-refractivity contribution in [2.45, 2.75) is 0 Å². The predicted molar refractivity (Wildman–Crippen MR) is 15.7 cm³/mol. The molecule has 0 aliphatic heterocycles. The summed E-state index contributed by atoms with van der Waals surface area (Å²) in [6.45, 7) is 0. The molecule has 46 valence electrons. The summed E-state index contributed by atoms with van der Waals surface area (Å²) in [6, 6.07) is 0. The van der Waals surface area contributed by atoms with Gasteiger partial charge in [0.25, 0.3) is 0 Å². The monoisotopic (exact) mass is 216 g/mol.